The standard InChI is InChI=1S/C21H30N4O.HI/c1-15-8-7-9-18(12-15)21(10-5-6-11-21)14-24-20(22-4)23-13-19-25-16(2)17(3)26-19;/h7-9,12H,5-6,10-11,13-14H2,1-4H3,(H2,22,23,24);1H. The van der Waals surface area contributed by atoms with Gasteiger partial charge in [-0.2, -0.15) is 0 Å². The summed E-state index contributed by atoms with van der Waals surface area (Å²) in [6.45, 7) is 7.48. The summed E-state index contributed by atoms with van der Waals surface area (Å²) < 4.78 is 5.63. The molecule has 6 heteroatoms. The summed E-state index contributed by atoms with van der Waals surface area (Å²) in [5, 5.41) is 6.84. The lowest BCUT2D eigenvalue weighted by Gasteiger charge is -2.31. The monoisotopic (exact) mass is 482 g/mol. The molecule has 0 bridgehead atoms. The highest BCUT2D eigenvalue weighted by Crippen LogP contribution is 2.40. The van der Waals surface area contributed by atoms with E-state index < -0.39 is 0 Å². The Morgan fingerprint density at radius 3 is 2.52 bits per heavy atom. The summed E-state index contributed by atoms with van der Waals surface area (Å²) in [7, 11) is 1.80. The number of guanidine groups is 1. The Kier molecular flexibility index (Phi) is 7.70. The molecular weight excluding hydrogens is 451 g/mol. The first-order valence-electron chi connectivity index (χ1n) is 9.47. The van der Waals surface area contributed by atoms with Crippen LogP contribution in [0, 0.1) is 20.8 Å². The van der Waals surface area contributed by atoms with E-state index in [1.807, 2.05) is 13.8 Å². The lowest BCUT2D eigenvalue weighted by atomic mass is 9.78. The van der Waals surface area contributed by atoms with E-state index in [9.17, 15) is 0 Å². The highest BCUT2D eigenvalue weighted by atomic mass is 127. The molecule has 5 nitrogen and oxygen atoms in total. The normalized spacial score (nSPS) is 16.1. The molecular formula is C21H31IN4O. The van der Waals surface area contributed by atoms with Gasteiger partial charge in [-0.15, -0.1) is 24.0 Å². The Balaban J connectivity index is 0.00000261. The Morgan fingerprint density at radius 2 is 1.93 bits per heavy atom. The van der Waals surface area contributed by atoms with Gasteiger partial charge in [0.05, 0.1) is 12.2 Å². The van der Waals surface area contributed by atoms with Gasteiger partial charge in [-0.1, -0.05) is 42.7 Å². The van der Waals surface area contributed by atoms with Crippen molar-refractivity contribution in [3.05, 3.63) is 52.7 Å². The van der Waals surface area contributed by atoms with Crippen molar-refractivity contribution in [1.82, 2.24) is 15.6 Å². The molecule has 27 heavy (non-hydrogen) atoms. The molecule has 1 heterocycles. The molecule has 1 aliphatic rings. The van der Waals surface area contributed by atoms with Gasteiger partial charge in [-0.25, -0.2) is 4.98 Å². The second kappa shape index (κ2) is 9.57. The van der Waals surface area contributed by atoms with E-state index in [-0.39, 0.29) is 29.4 Å². The molecule has 0 atom stereocenters. The van der Waals surface area contributed by atoms with E-state index in [1.165, 1.54) is 36.8 Å². The number of aromatic nitrogens is 1. The van der Waals surface area contributed by atoms with Crippen LogP contribution in [0.1, 0.15) is 54.2 Å². The zero-order valence-electron chi connectivity index (χ0n) is 16.8. The molecule has 0 amide bonds. The molecule has 0 aliphatic heterocycles. The summed E-state index contributed by atoms with van der Waals surface area (Å²) in [5.41, 5.74) is 3.90. The molecule has 3 rings (SSSR count). The summed E-state index contributed by atoms with van der Waals surface area (Å²) in [6, 6.07) is 8.95. The minimum atomic E-state index is 0. The minimum absolute atomic E-state index is 0. The Bertz CT molecular complexity index is 759. The SMILES string of the molecule is CN=C(NCc1nc(C)c(C)o1)NCC1(c2cccc(C)c2)CCCC1.I. The van der Waals surface area contributed by atoms with Crippen LogP contribution in [0.25, 0.3) is 0 Å². The van der Waals surface area contributed by atoms with Crippen LogP contribution in [0.3, 0.4) is 0 Å². The third-order valence-corrected chi connectivity index (χ3v) is 5.49. The van der Waals surface area contributed by atoms with Crippen LogP contribution in [0.15, 0.2) is 33.7 Å². The summed E-state index contributed by atoms with van der Waals surface area (Å²) in [5.74, 6) is 2.35. The Labute approximate surface area is 179 Å². The van der Waals surface area contributed by atoms with Crippen LogP contribution in [-0.2, 0) is 12.0 Å². The van der Waals surface area contributed by atoms with E-state index in [2.05, 4.69) is 51.8 Å². The average molecular weight is 482 g/mol. The fraction of sp³-hybridized carbons (Fsp3) is 0.524. The summed E-state index contributed by atoms with van der Waals surface area (Å²) >= 11 is 0. The number of oxazole rings is 1. The number of hydrogen-bond acceptors (Lipinski definition) is 3. The van der Waals surface area contributed by atoms with Gasteiger partial charge in [0, 0.05) is 19.0 Å². The third kappa shape index (κ3) is 5.24. The van der Waals surface area contributed by atoms with Gasteiger partial charge in [0.15, 0.2) is 5.96 Å². The van der Waals surface area contributed by atoms with Crippen LogP contribution in [0.2, 0.25) is 0 Å². The van der Waals surface area contributed by atoms with Gasteiger partial charge < -0.3 is 15.1 Å². The van der Waals surface area contributed by atoms with Crippen LogP contribution in [0.5, 0.6) is 0 Å². The van der Waals surface area contributed by atoms with Crippen molar-refractivity contribution in [2.75, 3.05) is 13.6 Å². The van der Waals surface area contributed by atoms with Gasteiger partial charge in [0.1, 0.15) is 5.76 Å². The molecule has 0 spiro atoms. The summed E-state index contributed by atoms with van der Waals surface area (Å²) in [4.78, 5) is 8.77. The number of rotatable bonds is 5. The van der Waals surface area contributed by atoms with Gasteiger partial charge in [0.2, 0.25) is 5.89 Å². The maximum Gasteiger partial charge on any atom is 0.214 e. The van der Waals surface area contributed by atoms with Gasteiger partial charge in [-0.3, -0.25) is 4.99 Å². The van der Waals surface area contributed by atoms with Crippen molar-refractivity contribution in [2.45, 2.75) is 58.4 Å². The predicted octanol–water partition coefficient (Wildman–Crippen LogP) is 4.39. The average Bonchev–Trinajstić information content (AvgIpc) is 3.23. The molecule has 2 N–H and O–H groups in total. The van der Waals surface area contributed by atoms with Crippen molar-refractivity contribution in [1.29, 1.82) is 0 Å². The molecule has 1 saturated carbocycles. The zero-order chi connectivity index (χ0) is 18.6. The van der Waals surface area contributed by atoms with Crippen LogP contribution >= 0.6 is 24.0 Å². The molecule has 1 aromatic heterocycles. The van der Waals surface area contributed by atoms with Crippen molar-refractivity contribution >= 4 is 29.9 Å². The van der Waals surface area contributed by atoms with E-state index in [4.69, 9.17) is 4.42 Å². The van der Waals surface area contributed by atoms with E-state index in [0.29, 0.717) is 12.4 Å². The first kappa shape index (κ1) is 21.7. The zero-order valence-corrected chi connectivity index (χ0v) is 19.1. The molecule has 1 fully saturated rings. The van der Waals surface area contributed by atoms with Gasteiger partial charge >= 0.3 is 0 Å². The second-order valence-electron chi connectivity index (χ2n) is 7.39. The number of hydrogen-bond donors (Lipinski definition) is 2. The topological polar surface area (TPSA) is 62.5 Å². The third-order valence-electron chi connectivity index (χ3n) is 5.49. The number of aliphatic imine (C=N–C) groups is 1. The Hall–Kier alpha value is -1.57. The highest BCUT2D eigenvalue weighted by Gasteiger charge is 2.35. The van der Waals surface area contributed by atoms with Crippen LogP contribution in [0.4, 0.5) is 0 Å². The number of aryl methyl sites for hydroxylation is 3. The number of halogens is 1. The van der Waals surface area contributed by atoms with E-state index >= 15 is 0 Å². The first-order chi connectivity index (χ1) is 12.5. The maximum absolute atomic E-state index is 5.63. The highest BCUT2D eigenvalue weighted by molar-refractivity contribution is 14.0. The quantitative estimate of drug-likeness (QED) is 0.377. The van der Waals surface area contributed by atoms with Crippen LogP contribution in [-0.4, -0.2) is 24.5 Å². The second-order valence-corrected chi connectivity index (χ2v) is 7.39. The van der Waals surface area contributed by atoms with Crippen LogP contribution < -0.4 is 10.6 Å². The first-order valence-corrected chi connectivity index (χ1v) is 9.47. The van der Waals surface area contributed by atoms with E-state index in [1.54, 1.807) is 7.05 Å². The molecule has 1 aromatic carbocycles. The van der Waals surface area contributed by atoms with Gasteiger partial charge in [-0.05, 0) is 39.2 Å². The van der Waals surface area contributed by atoms with Crippen molar-refractivity contribution in [2.24, 2.45) is 4.99 Å². The van der Waals surface area contributed by atoms with Crippen molar-refractivity contribution in [3.8, 4) is 0 Å². The minimum Gasteiger partial charge on any atom is -0.444 e. The molecule has 0 saturated heterocycles. The molecule has 0 radical (unpaired) electrons. The number of nitrogens with zero attached hydrogens (tertiary/aromatic N) is 2. The van der Waals surface area contributed by atoms with Gasteiger partial charge in [0.25, 0.3) is 0 Å². The lowest BCUT2D eigenvalue weighted by Crippen LogP contribution is -2.44. The predicted molar refractivity (Wildman–Crippen MR) is 121 cm³/mol. The molecule has 0 unspecified atom stereocenters. The molecule has 1 aliphatic carbocycles. The lowest BCUT2D eigenvalue weighted by molar-refractivity contribution is 0.429. The van der Waals surface area contributed by atoms with Crippen molar-refractivity contribution in [3.63, 3.8) is 0 Å². The largest absolute Gasteiger partial charge is 0.444 e. The van der Waals surface area contributed by atoms with E-state index in [0.717, 1.165) is 24.0 Å². The fourth-order valence-electron chi connectivity index (χ4n) is 3.84. The Morgan fingerprint density at radius 1 is 1.19 bits per heavy atom. The smallest absolute Gasteiger partial charge is 0.214 e. The fourth-order valence-corrected chi connectivity index (χ4v) is 3.84. The molecule has 148 valence electrons. The summed E-state index contributed by atoms with van der Waals surface area (Å²) in [6.07, 6.45) is 5.02. The van der Waals surface area contributed by atoms with Crippen molar-refractivity contribution < 1.29 is 4.42 Å². The number of benzene rings is 1. The maximum atomic E-state index is 5.63. The number of nitrogens with one attached hydrogen (secondary N) is 2. The molecule has 2 aromatic rings.